The van der Waals surface area contributed by atoms with Crippen molar-refractivity contribution < 1.29 is 36.5 Å². The maximum absolute atomic E-state index is 0. The zero-order chi connectivity index (χ0) is 0. The predicted molar refractivity (Wildman–Crippen MR) is 17.3 cm³/mol. The fourth-order valence-electron chi connectivity index (χ4n) is 0. The molecule has 0 saturated heterocycles. The minimum atomic E-state index is 0. The molecule has 0 aliphatic carbocycles. The first-order valence-electron chi connectivity index (χ1n) is 0. The van der Waals surface area contributed by atoms with E-state index in [9.17, 15) is 0 Å². The van der Waals surface area contributed by atoms with Gasteiger partial charge in [0.2, 0.25) is 0 Å². The van der Waals surface area contributed by atoms with Crippen LogP contribution in [0.3, 0.4) is 0 Å². The van der Waals surface area contributed by atoms with Gasteiger partial charge in [-0.2, -0.15) is 0 Å². The fraction of sp³-hybridized carbons (Fsp3) is 0. The van der Waals surface area contributed by atoms with E-state index in [4.69, 9.17) is 0 Å². The van der Waals surface area contributed by atoms with E-state index in [1.807, 2.05) is 0 Å². The van der Waals surface area contributed by atoms with Gasteiger partial charge in [-0.05, 0) is 0 Å². The summed E-state index contributed by atoms with van der Waals surface area (Å²) in [5.74, 6) is 0. The van der Waals surface area contributed by atoms with Gasteiger partial charge in [-0.1, -0.05) is 0 Å². The average molecular weight is 261 g/mol. The third-order valence-electron chi connectivity index (χ3n) is 0. The molecule has 3 nitrogen and oxygen atoms in total. The van der Waals surface area contributed by atoms with Gasteiger partial charge in [0.25, 0.3) is 0 Å². The molecule has 0 atom stereocenters. The zero-order valence-corrected chi connectivity index (χ0v) is 5.23. The van der Waals surface area contributed by atoms with Crippen molar-refractivity contribution in [3.63, 3.8) is 0 Å². The summed E-state index contributed by atoms with van der Waals surface area (Å²) in [4.78, 5) is 0. The monoisotopic (exact) mass is 262 g/mol. The Morgan fingerprint density at radius 2 is 0.600 bits per heavy atom. The molecule has 0 aromatic carbocycles. The largest absolute Gasteiger partial charge is 0.412 e. The smallest absolute Gasteiger partial charge is 0 e. The summed E-state index contributed by atoms with van der Waals surface area (Å²) in [7, 11) is 0. The summed E-state index contributed by atoms with van der Waals surface area (Å²) in [6.07, 6.45) is 0. The Labute approximate surface area is 44.7 Å². The summed E-state index contributed by atoms with van der Waals surface area (Å²) in [5, 5.41) is 0. The van der Waals surface area contributed by atoms with Gasteiger partial charge >= 0.3 is 0 Å². The van der Waals surface area contributed by atoms with Gasteiger partial charge in [0.15, 0.2) is 0 Å². The van der Waals surface area contributed by atoms with E-state index in [2.05, 4.69) is 0 Å². The van der Waals surface area contributed by atoms with Crippen LogP contribution in [-0.2, 0) is 20.1 Å². The Bertz CT molecular complexity index is 6.85. The predicted octanol–water partition coefficient (Wildman–Crippen LogP) is -2.03. The molecule has 0 aliphatic rings. The summed E-state index contributed by atoms with van der Waals surface area (Å²) in [6.45, 7) is 0. The van der Waals surface area contributed by atoms with Crippen LogP contribution >= 0.6 is 0 Å². The molecule has 41 valence electrons. The van der Waals surface area contributed by atoms with Gasteiger partial charge in [-0.3, -0.25) is 0 Å². The Morgan fingerprint density at radius 3 is 0.600 bits per heavy atom. The van der Waals surface area contributed by atoms with Crippen molar-refractivity contribution in [2.45, 2.75) is 0 Å². The Morgan fingerprint density at radius 1 is 0.600 bits per heavy atom. The molecule has 4 heteroatoms. The molecule has 0 bridgehead atoms. The van der Waals surface area contributed by atoms with Gasteiger partial charge in [0.1, 0.15) is 0 Å². The maximum Gasteiger partial charge on any atom is 0 e. The van der Waals surface area contributed by atoms with Crippen molar-refractivity contribution in [1.29, 1.82) is 0 Å². The van der Waals surface area contributed by atoms with Gasteiger partial charge in [0, 0.05) is 20.1 Å². The molecule has 0 saturated carbocycles. The molecule has 1 radical (unpaired) electrons. The molecular weight excluding hydrogens is 252 g/mol. The van der Waals surface area contributed by atoms with E-state index in [1.165, 1.54) is 0 Å². The van der Waals surface area contributed by atoms with Crippen molar-refractivity contribution in [1.82, 2.24) is 0 Å². The molecule has 0 unspecified atom stereocenters. The van der Waals surface area contributed by atoms with Gasteiger partial charge in [-0.15, -0.1) is 0 Å². The third-order valence-corrected chi connectivity index (χ3v) is 0. The van der Waals surface area contributed by atoms with Crippen LogP contribution in [0.2, 0.25) is 0 Å². The number of hydrogen-bond donors (Lipinski definition) is 0. The summed E-state index contributed by atoms with van der Waals surface area (Å²) in [5.41, 5.74) is 0. The van der Waals surface area contributed by atoms with Crippen LogP contribution in [-0.4, -0.2) is 16.4 Å². The molecule has 5 heavy (non-hydrogen) atoms. The van der Waals surface area contributed by atoms with Crippen molar-refractivity contribution in [3.8, 4) is 0 Å². The topological polar surface area (TPSA) is 94.5 Å². The molecule has 0 aromatic rings. The average Bonchev–Trinajstić information content (AvgIpc) is 0. The second kappa shape index (κ2) is 201. The van der Waals surface area contributed by atoms with E-state index in [0.717, 1.165) is 0 Å². The van der Waals surface area contributed by atoms with Crippen LogP contribution in [0.25, 0.3) is 0 Å². The van der Waals surface area contributed by atoms with Crippen LogP contribution in [0.1, 0.15) is 0 Å². The second-order valence-corrected chi connectivity index (χ2v) is 0. The van der Waals surface area contributed by atoms with Gasteiger partial charge < -0.3 is 23.9 Å². The van der Waals surface area contributed by atoms with Crippen LogP contribution < -0.4 is 0 Å². The van der Waals surface area contributed by atoms with E-state index in [-0.39, 0.29) is 44.0 Å². The normalized spacial score (nSPS) is 0. The minimum Gasteiger partial charge on any atom is -0.412 e. The Hall–Kier alpha value is 0.529. The molecule has 0 rings (SSSR count). The van der Waals surface area contributed by atoms with E-state index in [0.29, 0.717) is 0 Å². The standard InChI is InChI=1S/CH3.Ir.3H2O/h1H3;;3*1H2/q-1;;;;. The van der Waals surface area contributed by atoms with Crippen molar-refractivity contribution in [2.24, 2.45) is 0 Å². The SMILES string of the molecule is O.O.O.[CH3-].[Ir]. The molecule has 0 fully saturated rings. The molecule has 0 amide bonds. The van der Waals surface area contributed by atoms with Crippen molar-refractivity contribution in [2.75, 3.05) is 0 Å². The summed E-state index contributed by atoms with van der Waals surface area (Å²) < 4.78 is 0. The molecule has 0 heterocycles. The summed E-state index contributed by atoms with van der Waals surface area (Å²) in [6, 6.07) is 0. The second-order valence-electron chi connectivity index (χ2n) is 0. The molecule has 6 N–H and O–H groups in total. The minimum absolute atomic E-state index is 0. The van der Waals surface area contributed by atoms with Crippen molar-refractivity contribution in [3.05, 3.63) is 7.43 Å². The molecule has 0 aromatic heterocycles. The first-order valence-corrected chi connectivity index (χ1v) is 0. The third kappa shape index (κ3) is 103. The van der Waals surface area contributed by atoms with Gasteiger partial charge in [0.05, 0.1) is 0 Å². The van der Waals surface area contributed by atoms with Crippen LogP contribution in [0, 0.1) is 7.43 Å². The maximum atomic E-state index is 0. The van der Waals surface area contributed by atoms with E-state index in [1.54, 1.807) is 0 Å². The Balaban J connectivity index is 0. The van der Waals surface area contributed by atoms with Crippen LogP contribution in [0.5, 0.6) is 0 Å². The number of rotatable bonds is 0. The molecule has 0 aliphatic heterocycles. The number of hydrogen-bond acceptors (Lipinski definition) is 0. The van der Waals surface area contributed by atoms with Gasteiger partial charge in [-0.25, -0.2) is 0 Å². The van der Waals surface area contributed by atoms with Crippen molar-refractivity contribution >= 4 is 0 Å². The zero-order valence-electron chi connectivity index (χ0n) is 2.83. The molecular formula is CH9IrO3-. The van der Waals surface area contributed by atoms with E-state index >= 15 is 0 Å². The van der Waals surface area contributed by atoms with Crippen LogP contribution in [0.4, 0.5) is 0 Å². The first-order chi connectivity index (χ1) is 0. The molecule has 0 spiro atoms. The Kier molecular flexibility index (Phi) is 16300. The first kappa shape index (κ1) is 405. The quantitative estimate of drug-likeness (QED) is 0.450. The summed E-state index contributed by atoms with van der Waals surface area (Å²) >= 11 is 0. The fourth-order valence-corrected chi connectivity index (χ4v) is 0. The van der Waals surface area contributed by atoms with E-state index < -0.39 is 0 Å². The van der Waals surface area contributed by atoms with Crippen LogP contribution in [0.15, 0.2) is 0 Å².